The molecule has 25 heavy (non-hydrogen) atoms. The number of nitrogens with zero attached hydrogens (tertiary/aromatic N) is 4. The van der Waals surface area contributed by atoms with Gasteiger partial charge >= 0.3 is 0 Å². The van der Waals surface area contributed by atoms with Gasteiger partial charge < -0.3 is 20.2 Å². The van der Waals surface area contributed by atoms with Crippen LogP contribution in [0.5, 0.6) is 0 Å². The highest BCUT2D eigenvalue weighted by molar-refractivity contribution is 5.85. The molecule has 6 nitrogen and oxygen atoms in total. The minimum Gasteiger partial charge on any atom is -0.391 e. The predicted octanol–water partition coefficient (Wildman–Crippen LogP) is 1.83. The summed E-state index contributed by atoms with van der Waals surface area (Å²) in [5.41, 5.74) is 2.14. The van der Waals surface area contributed by atoms with Crippen molar-refractivity contribution in [3.63, 3.8) is 0 Å². The number of hydrogen-bond donors (Lipinski definition) is 2. The van der Waals surface area contributed by atoms with Crippen molar-refractivity contribution in [3.8, 4) is 0 Å². The second kappa shape index (κ2) is 7.70. The number of para-hydroxylation sites is 1. The number of pyridine rings is 1. The van der Waals surface area contributed by atoms with Crippen LogP contribution in [0.1, 0.15) is 18.9 Å². The lowest BCUT2D eigenvalue weighted by molar-refractivity contribution is 0.188. The molecule has 0 saturated carbocycles. The zero-order valence-corrected chi connectivity index (χ0v) is 15.2. The molecular weight excluding hydrogens is 314 g/mol. The Morgan fingerprint density at radius 1 is 1.40 bits per heavy atom. The van der Waals surface area contributed by atoms with Gasteiger partial charge in [0.25, 0.3) is 0 Å². The van der Waals surface area contributed by atoms with Gasteiger partial charge in [-0.25, -0.2) is 9.98 Å². The Kier molecular flexibility index (Phi) is 5.38. The third-order valence-electron chi connectivity index (χ3n) is 4.44. The highest BCUT2D eigenvalue weighted by Crippen LogP contribution is 2.23. The van der Waals surface area contributed by atoms with Crippen molar-refractivity contribution in [3.05, 3.63) is 35.9 Å². The van der Waals surface area contributed by atoms with Crippen LogP contribution >= 0.6 is 0 Å². The Balaban J connectivity index is 1.92. The van der Waals surface area contributed by atoms with Gasteiger partial charge in [0.05, 0.1) is 18.2 Å². The van der Waals surface area contributed by atoms with Crippen LogP contribution in [0.15, 0.2) is 35.3 Å². The van der Waals surface area contributed by atoms with Gasteiger partial charge in [0.1, 0.15) is 5.82 Å². The minimum atomic E-state index is -0.258. The van der Waals surface area contributed by atoms with E-state index in [2.05, 4.69) is 29.3 Å². The van der Waals surface area contributed by atoms with E-state index in [0.29, 0.717) is 13.1 Å². The number of anilines is 1. The maximum absolute atomic E-state index is 9.80. The number of aliphatic hydroxyl groups is 1. The molecule has 1 aromatic heterocycles. The van der Waals surface area contributed by atoms with Gasteiger partial charge in [-0.3, -0.25) is 0 Å². The molecule has 134 valence electrons. The molecule has 1 fully saturated rings. The van der Waals surface area contributed by atoms with E-state index in [9.17, 15) is 5.11 Å². The number of guanidine groups is 1. The molecule has 0 unspecified atom stereocenters. The predicted molar refractivity (Wildman–Crippen MR) is 103 cm³/mol. The molecule has 3 rings (SSSR count). The number of rotatable bonds is 4. The highest BCUT2D eigenvalue weighted by atomic mass is 16.3. The summed E-state index contributed by atoms with van der Waals surface area (Å²) in [6.07, 6.45) is 0.541. The van der Waals surface area contributed by atoms with E-state index in [1.807, 2.05) is 37.2 Å². The van der Waals surface area contributed by atoms with Crippen molar-refractivity contribution in [2.45, 2.75) is 26.0 Å². The molecule has 2 heterocycles. The van der Waals surface area contributed by atoms with Gasteiger partial charge in [0.15, 0.2) is 5.96 Å². The van der Waals surface area contributed by atoms with E-state index in [1.54, 1.807) is 0 Å². The van der Waals surface area contributed by atoms with Gasteiger partial charge in [-0.1, -0.05) is 18.2 Å². The summed E-state index contributed by atoms with van der Waals surface area (Å²) in [6, 6.07) is 10.3. The summed E-state index contributed by atoms with van der Waals surface area (Å²) >= 11 is 0. The van der Waals surface area contributed by atoms with Crippen molar-refractivity contribution < 1.29 is 5.11 Å². The molecule has 1 atom stereocenters. The molecule has 0 spiro atoms. The Morgan fingerprint density at radius 3 is 2.88 bits per heavy atom. The first-order chi connectivity index (χ1) is 12.1. The van der Waals surface area contributed by atoms with Crippen LogP contribution in [0.25, 0.3) is 10.9 Å². The third-order valence-corrected chi connectivity index (χ3v) is 4.44. The first-order valence-corrected chi connectivity index (χ1v) is 8.85. The van der Waals surface area contributed by atoms with E-state index < -0.39 is 0 Å². The van der Waals surface area contributed by atoms with Crippen LogP contribution in [0.3, 0.4) is 0 Å². The summed E-state index contributed by atoms with van der Waals surface area (Å²) in [6.45, 7) is 4.94. The van der Waals surface area contributed by atoms with E-state index in [-0.39, 0.29) is 6.10 Å². The fourth-order valence-electron chi connectivity index (χ4n) is 3.11. The zero-order chi connectivity index (χ0) is 17.8. The van der Waals surface area contributed by atoms with Crippen molar-refractivity contribution in [1.82, 2.24) is 15.2 Å². The number of aliphatic hydroxyl groups excluding tert-OH is 1. The van der Waals surface area contributed by atoms with Crippen LogP contribution in [0.4, 0.5) is 5.82 Å². The van der Waals surface area contributed by atoms with Crippen molar-refractivity contribution in [2.75, 3.05) is 38.6 Å². The van der Waals surface area contributed by atoms with Gasteiger partial charge in [-0.05, 0) is 31.0 Å². The zero-order valence-electron chi connectivity index (χ0n) is 15.2. The topological polar surface area (TPSA) is 64.0 Å². The maximum atomic E-state index is 9.80. The van der Waals surface area contributed by atoms with Gasteiger partial charge in [-0.15, -0.1) is 0 Å². The van der Waals surface area contributed by atoms with Crippen LogP contribution < -0.4 is 10.2 Å². The van der Waals surface area contributed by atoms with Crippen molar-refractivity contribution >= 4 is 22.7 Å². The van der Waals surface area contributed by atoms with Gasteiger partial charge in [0.2, 0.25) is 0 Å². The van der Waals surface area contributed by atoms with E-state index >= 15 is 0 Å². The number of aliphatic imine (C=N–C) groups is 1. The summed E-state index contributed by atoms with van der Waals surface area (Å²) in [4.78, 5) is 13.7. The van der Waals surface area contributed by atoms with Crippen LogP contribution in [0.2, 0.25) is 0 Å². The largest absolute Gasteiger partial charge is 0.391 e. The van der Waals surface area contributed by atoms with E-state index in [0.717, 1.165) is 47.8 Å². The molecule has 0 aliphatic carbocycles. The van der Waals surface area contributed by atoms with Gasteiger partial charge in [-0.2, -0.15) is 0 Å². The monoisotopic (exact) mass is 341 g/mol. The minimum absolute atomic E-state index is 0.258. The molecule has 1 aromatic carbocycles. The summed E-state index contributed by atoms with van der Waals surface area (Å²) < 4.78 is 0. The van der Waals surface area contributed by atoms with Crippen molar-refractivity contribution in [1.29, 1.82) is 0 Å². The van der Waals surface area contributed by atoms with Crippen LogP contribution in [-0.4, -0.2) is 60.8 Å². The molecule has 2 N–H and O–H groups in total. The molecular formula is C19H27N5O. The Hall–Kier alpha value is -2.34. The normalized spacial score (nSPS) is 18.0. The smallest absolute Gasteiger partial charge is 0.194 e. The number of β-amino-alcohol motifs (C(OH)–C–C–N with tert-alkyl or cyclic N) is 1. The number of fused-ring (bicyclic) bond motifs is 1. The lowest BCUT2D eigenvalue weighted by Crippen LogP contribution is -2.40. The molecule has 0 radical (unpaired) electrons. The SMILES string of the molecule is CCNC(=NCc1cc(N(C)C)nc2ccccc12)N1CC[C@@H](O)C1. The quantitative estimate of drug-likeness (QED) is 0.656. The summed E-state index contributed by atoms with van der Waals surface area (Å²) in [5.74, 6) is 1.80. The molecule has 1 saturated heterocycles. The van der Waals surface area contributed by atoms with E-state index in [1.165, 1.54) is 0 Å². The fourth-order valence-corrected chi connectivity index (χ4v) is 3.11. The number of benzene rings is 1. The Labute approximate surface area is 149 Å². The van der Waals surface area contributed by atoms with Crippen LogP contribution in [0, 0.1) is 0 Å². The van der Waals surface area contributed by atoms with Gasteiger partial charge in [0, 0.05) is 39.1 Å². The first kappa shape index (κ1) is 17.5. The molecule has 2 aromatic rings. The molecule has 0 amide bonds. The lowest BCUT2D eigenvalue weighted by atomic mass is 10.1. The standard InChI is InChI=1S/C19H27N5O/c1-4-20-19(24-10-9-15(25)13-24)21-12-14-11-18(23(2)3)22-17-8-6-5-7-16(14)17/h5-8,11,15,25H,4,9-10,12-13H2,1-3H3,(H,20,21)/t15-/m1/s1. The lowest BCUT2D eigenvalue weighted by Gasteiger charge is -2.21. The van der Waals surface area contributed by atoms with Crippen molar-refractivity contribution in [2.24, 2.45) is 4.99 Å². The molecule has 6 heteroatoms. The molecule has 1 aliphatic rings. The average molecular weight is 341 g/mol. The number of aromatic nitrogens is 1. The third kappa shape index (κ3) is 4.02. The van der Waals surface area contributed by atoms with Crippen LogP contribution in [-0.2, 0) is 6.54 Å². The summed E-state index contributed by atoms with van der Waals surface area (Å²) in [5, 5.41) is 14.3. The fraction of sp³-hybridized carbons (Fsp3) is 0.474. The molecule has 1 aliphatic heterocycles. The molecule has 0 bridgehead atoms. The Morgan fingerprint density at radius 2 is 2.20 bits per heavy atom. The number of hydrogen-bond acceptors (Lipinski definition) is 4. The average Bonchev–Trinajstić information content (AvgIpc) is 3.04. The highest BCUT2D eigenvalue weighted by Gasteiger charge is 2.22. The maximum Gasteiger partial charge on any atom is 0.194 e. The second-order valence-electron chi connectivity index (χ2n) is 6.61. The summed E-state index contributed by atoms with van der Waals surface area (Å²) in [7, 11) is 4.00. The Bertz CT molecular complexity index is 759. The number of likely N-dealkylation sites (tertiary alicyclic amines) is 1. The first-order valence-electron chi connectivity index (χ1n) is 8.85. The van der Waals surface area contributed by atoms with E-state index in [4.69, 9.17) is 9.98 Å². The number of nitrogens with one attached hydrogen (secondary N) is 1. The second-order valence-corrected chi connectivity index (χ2v) is 6.61.